The van der Waals surface area contributed by atoms with Crippen LogP contribution < -0.4 is 10.6 Å². The van der Waals surface area contributed by atoms with E-state index < -0.39 is 5.82 Å². The van der Waals surface area contributed by atoms with Crippen LogP contribution in [0.5, 0.6) is 0 Å². The van der Waals surface area contributed by atoms with Crippen LogP contribution >= 0.6 is 0 Å². The Bertz CT molecular complexity index is 739. The summed E-state index contributed by atoms with van der Waals surface area (Å²) < 4.78 is 18.8. The van der Waals surface area contributed by atoms with Gasteiger partial charge in [0.2, 0.25) is 0 Å². The molecular weight excluding hydrogens is 375 g/mol. The number of hydrogen-bond donors (Lipinski definition) is 2. The highest BCUT2D eigenvalue weighted by Gasteiger charge is 2.28. The van der Waals surface area contributed by atoms with Crippen molar-refractivity contribution in [3.63, 3.8) is 0 Å². The van der Waals surface area contributed by atoms with E-state index in [1.165, 1.54) is 6.07 Å². The second-order valence-electron chi connectivity index (χ2n) is 6.99. The van der Waals surface area contributed by atoms with Gasteiger partial charge in [-0.25, -0.2) is 4.39 Å². The first-order chi connectivity index (χ1) is 14.0. The van der Waals surface area contributed by atoms with Crippen molar-refractivity contribution < 1.29 is 18.7 Å². The predicted octanol–water partition coefficient (Wildman–Crippen LogP) is 2.10. The number of likely N-dealkylation sites (tertiary alicyclic amines) is 1. The van der Waals surface area contributed by atoms with Gasteiger partial charge in [0.15, 0.2) is 5.96 Å². The molecule has 1 amide bonds. The van der Waals surface area contributed by atoms with Crippen LogP contribution in [0.4, 0.5) is 4.39 Å². The SMILES string of the molecule is CCNC(=NCCNC(=O)c1ccc(C)c(F)c1)N1CCCC(C(=O)OCC)C1. The predicted molar refractivity (Wildman–Crippen MR) is 110 cm³/mol. The molecule has 29 heavy (non-hydrogen) atoms. The van der Waals surface area contributed by atoms with Crippen molar-refractivity contribution in [2.24, 2.45) is 10.9 Å². The molecule has 1 aliphatic rings. The summed E-state index contributed by atoms with van der Waals surface area (Å²) in [5, 5.41) is 6.00. The average Bonchev–Trinajstić information content (AvgIpc) is 2.72. The van der Waals surface area contributed by atoms with Crippen molar-refractivity contribution in [2.45, 2.75) is 33.6 Å². The van der Waals surface area contributed by atoms with Crippen LogP contribution in [0.1, 0.15) is 42.6 Å². The van der Waals surface area contributed by atoms with E-state index in [0.29, 0.717) is 38.3 Å². The molecule has 0 saturated carbocycles. The van der Waals surface area contributed by atoms with Crippen LogP contribution in [0.25, 0.3) is 0 Å². The summed E-state index contributed by atoms with van der Waals surface area (Å²) in [7, 11) is 0. The van der Waals surface area contributed by atoms with Gasteiger partial charge in [-0.1, -0.05) is 6.07 Å². The lowest BCUT2D eigenvalue weighted by Gasteiger charge is -2.34. The Morgan fingerprint density at radius 2 is 2.10 bits per heavy atom. The molecule has 1 saturated heterocycles. The maximum atomic E-state index is 13.6. The van der Waals surface area contributed by atoms with Crippen LogP contribution in [0.3, 0.4) is 0 Å². The van der Waals surface area contributed by atoms with Crippen molar-refractivity contribution in [1.82, 2.24) is 15.5 Å². The lowest BCUT2D eigenvalue weighted by atomic mass is 9.98. The fourth-order valence-electron chi connectivity index (χ4n) is 3.22. The van der Waals surface area contributed by atoms with Gasteiger partial charge in [0, 0.05) is 31.7 Å². The Morgan fingerprint density at radius 3 is 2.79 bits per heavy atom. The van der Waals surface area contributed by atoms with Crippen molar-refractivity contribution in [3.8, 4) is 0 Å². The normalized spacial score (nSPS) is 17.0. The monoisotopic (exact) mass is 406 g/mol. The number of nitrogens with zero attached hydrogens (tertiary/aromatic N) is 2. The number of nitrogens with one attached hydrogen (secondary N) is 2. The summed E-state index contributed by atoms with van der Waals surface area (Å²) in [5.74, 6) is -0.317. The van der Waals surface area contributed by atoms with E-state index in [2.05, 4.69) is 20.5 Å². The smallest absolute Gasteiger partial charge is 0.310 e. The number of piperidine rings is 1. The first-order valence-corrected chi connectivity index (χ1v) is 10.2. The number of guanidine groups is 1. The molecule has 0 aromatic heterocycles. The lowest BCUT2D eigenvalue weighted by Crippen LogP contribution is -2.48. The second-order valence-corrected chi connectivity index (χ2v) is 6.99. The maximum absolute atomic E-state index is 13.6. The van der Waals surface area contributed by atoms with Gasteiger partial charge < -0.3 is 20.3 Å². The number of amides is 1. The number of carbonyl (C=O) groups excluding carboxylic acids is 2. The molecule has 8 heteroatoms. The van der Waals surface area contributed by atoms with Crippen molar-refractivity contribution >= 4 is 17.8 Å². The Morgan fingerprint density at radius 1 is 1.31 bits per heavy atom. The second kappa shape index (κ2) is 11.4. The molecule has 0 bridgehead atoms. The molecule has 2 rings (SSSR count). The molecule has 1 aromatic carbocycles. The Hall–Kier alpha value is -2.64. The third-order valence-corrected chi connectivity index (χ3v) is 4.77. The third kappa shape index (κ3) is 6.73. The Labute approximate surface area is 171 Å². The summed E-state index contributed by atoms with van der Waals surface area (Å²) in [6, 6.07) is 4.42. The van der Waals surface area contributed by atoms with E-state index in [4.69, 9.17) is 4.74 Å². The van der Waals surface area contributed by atoms with Crippen LogP contribution in [0.15, 0.2) is 23.2 Å². The van der Waals surface area contributed by atoms with Gasteiger partial charge in [0.05, 0.1) is 19.1 Å². The molecule has 1 fully saturated rings. The fraction of sp³-hybridized carbons (Fsp3) is 0.571. The molecular formula is C21H31FN4O3. The minimum Gasteiger partial charge on any atom is -0.466 e. The largest absolute Gasteiger partial charge is 0.466 e. The number of aryl methyl sites for hydroxylation is 1. The summed E-state index contributed by atoms with van der Waals surface area (Å²) in [4.78, 5) is 30.8. The molecule has 1 atom stereocenters. The summed E-state index contributed by atoms with van der Waals surface area (Å²) in [5.41, 5.74) is 0.793. The zero-order valence-electron chi connectivity index (χ0n) is 17.5. The first-order valence-electron chi connectivity index (χ1n) is 10.2. The molecule has 1 heterocycles. The van der Waals surface area contributed by atoms with Crippen LogP contribution in [0.2, 0.25) is 0 Å². The number of benzene rings is 1. The molecule has 0 radical (unpaired) electrons. The van der Waals surface area contributed by atoms with E-state index >= 15 is 0 Å². The van der Waals surface area contributed by atoms with Crippen molar-refractivity contribution in [1.29, 1.82) is 0 Å². The third-order valence-electron chi connectivity index (χ3n) is 4.77. The van der Waals surface area contributed by atoms with Crippen LogP contribution in [0, 0.1) is 18.7 Å². The topological polar surface area (TPSA) is 83.0 Å². The summed E-state index contributed by atoms with van der Waals surface area (Å²) in [6.45, 7) is 8.63. The molecule has 7 nitrogen and oxygen atoms in total. The number of hydrogen-bond acceptors (Lipinski definition) is 4. The first kappa shape index (κ1) is 22.6. The summed E-state index contributed by atoms with van der Waals surface area (Å²) >= 11 is 0. The highest BCUT2D eigenvalue weighted by Crippen LogP contribution is 2.18. The fourth-order valence-corrected chi connectivity index (χ4v) is 3.22. The van der Waals surface area contributed by atoms with Gasteiger partial charge in [-0.05, 0) is 51.3 Å². The van der Waals surface area contributed by atoms with Gasteiger partial charge in [0.25, 0.3) is 5.91 Å². The number of esters is 1. The molecule has 0 aliphatic carbocycles. The van der Waals surface area contributed by atoms with E-state index in [1.54, 1.807) is 19.1 Å². The quantitative estimate of drug-likeness (QED) is 0.314. The Balaban J connectivity index is 1.90. The van der Waals surface area contributed by atoms with E-state index in [9.17, 15) is 14.0 Å². The van der Waals surface area contributed by atoms with Gasteiger partial charge >= 0.3 is 5.97 Å². The van der Waals surface area contributed by atoms with Crippen molar-refractivity contribution in [3.05, 3.63) is 35.1 Å². The Kier molecular flexibility index (Phi) is 8.89. The number of aliphatic imine (C=N–C) groups is 1. The maximum Gasteiger partial charge on any atom is 0.310 e. The van der Waals surface area contributed by atoms with Gasteiger partial charge in [-0.2, -0.15) is 0 Å². The van der Waals surface area contributed by atoms with E-state index in [1.807, 2.05) is 13.8 Å². The minimum atomic E-state index is -0.397. The minimum absolute atomic E-state index is 0.149. The molecule has 2 N–H and O–H groups in total. The van der Waals surface area contributed by atoms with Crippen LogP contribution in [-0.4, -0.2) is 62.1 Å². The van der Waals surface area contributed by atoms with Gasteiger partial charge in [-0.15, -0.1) is 0 Å². The van der Waals surface area contributed by atoms with Gasteiger partial charge in [-0.3, -0.25) is 14.6 Å². The molecule has 0 spiro atoms. The standard InChI is InChI=1S/C21H31FN4O3/c1-4-23-21(26-12-6-7-17(14-26)20(28)29-5-2)25-11-10-24-19(27)16-9-8-15(3)18(22)13-16/h8-9,13,17H,4-7,10-12,14H2,1-3H3,(H,23,25)(H,24,27). The van der Waals surface area contributed by atoms with E-state index in [-0.39, 0.29) is 23.4 Å². The highest BCUT2D eigenvalue weighted by molar-refractivity contribution is 5.94. The molecule has 160 valence electrons. The molecule has 1 unspecified atom stereocenters. The van der Waals surface area contributed by atoms with Crippen LogP contribution in [-0.2, 0) is 9.53 Å². The lowest BCUT2D eigenvalue weighted by molar-refractivity contribution is -0.149. The van der Waals surface area contributed by atoms with E-state index in [0.717, 1.165) is 25.3 Å². The number of halogens is 1. The van der Waals surface area contributed by atoms with Gasteiger partial charge in [0.1, 0.15) is 5.82 Å². The summed E-state index contributed by atoms with van der Waals surface area (Å²) in [6.07, 6.45) is 1.71. The number of carbonyl (C=O) groups is 2. The zero-order chi connectivity index (χ0) is 21.2. The number of ether oxygens (including phenoxy) is 1. The average molecular weight is 407 g/mol. The van der Waals surface area contributed by atoms with Crippen molar-refractivity contribution in [2.75, 3.05) is 39.3 Å². The zero-order valence-corrected chi connectivity index (χ0v) is 17.5. The molecule has 1 aromatic rings. The molecule has 1 aliphatic heterocycles. The highest BCUT2D eigenvalue weighted by atomic mass is 19.1. The number of rotatable bonds is 7.